The Kier molecular flexibility index (Phi) is 3.66. The summed E-state index contributed by atoms with van der Waals surface area (Å²) in [4.78, 5) is 4.53. The van der Waals surface area contributed by atoms with Crippen molar-refractivity contribution in [3.63, 3.8) is 0 Å². The van der Waals surface area contributed by atoms with Gasteiger partial charge < -0.3 is 10.3 Å². The molecule has 1 heterocycles. The molecule has 5 heteroatoms. The second kappa shape index (κ2) is 5.61. The standard InChI is InChI=1S/C16H15F2N3/c17-12-6-5-11(13(18)9-12)10-21-15-4-2-1-3-14(15)20-16(21)7-8-19/h1-6,9H,7-8,10,19H2. The maximum Gasteiger partial charge on any atom is 0.131 e. The maximum atomic E-state index is 13.9. The van der Waals surface area contributed by atoms with Gasteiger partial charge in [-0.05, 0) is 24.7 Å². The van der Waals surface area contributed by atoms with E-state index >= 15 is 0 Å². The van der Waals surface area contributed by atoms with Gasteiger partial charge in [-0.25, -0.2) is 13.8 Å². The Morgan fingerprint density at radius 2 is 1.90 bits per heavy atom. The van der Waals surface area contributed by atoms with E-state index in [4.69, 9.17) is 5.73 Å². The van der Waals surface area contributed by atoms with Gasteiger partial charge in [0.25, 0.3) is 0 Å². The van der Waals surface area contributed by atoms with Crippen molar-refractivity contribution in [3.05, 3.63) is 65.5 Å². The Morgan fingerprint density at radius 3 is 2.67 bits per heavy atom. The van der Waals surface area contributed by atoms with Crippen LogP contribution in [0.3, 0.4) is 0 Å². The SMILES string of the molecule is NCCc1nc2ccccc2n1Cc1ccc(F)cc1F. The van der Waals surface area contributed by atoms with Gasteiger partial charge in [0.05, 0.1) is 17.6 Å². The Balaban J connectivity index is 2.07. The highest BCUT2D eigenvalue weighted by molar-refractivity contribution is 5.76. The van der Waals surface area contributed by atoms with Crippen LogP contribution in [0.2, 0.25) is 0 Å². The highest BCUT2D eigenvalue weighted by Crippen LogP contribution is 2.19. The number of halogens is 2. The summed E-state index contributed by atoms with van der Waals surface area (Å²) in [6, 6.07) is 11.3. The molecule has 0 saturated carbocycles. The fourth-order valence-electron chi connectivity index (χ4n) is 2.44. The molecule has 2 N–H and O–H groups in total. The second-order valence-corrected chi connectivity index (χ2v) is 4.88. The van der Waals surface area contributed by atoms with Crippen molar-refractivity contribution in [2.45, 2.75) is 13.0 Å². The number of nitrogens with zero attached hydrogens (tertiary/aromatic N) is 2. The van der Waals surface area contributed by atoms with E-state index in [1.165, 1.54) is 12.1 Å². The first-order chi connectivity index (χ1) is 10.2. The molecule has 0 aliphatic rings. The predicted octanol–water partition coefficient (Wildman–Crippen LogP) is 2.86. The molecule has 0 fully saturated rings. The number of aromatic nitrogens is 2. The van der Waals surface area contributed by atoms with E-state index in [2.05, 4.69) is 4.98 Å². The van der Waals surface area contributed by atoms with Gasteiger partial charge in [0.1, 0.15) is 17.5 Å². The van der Waals surface area contributed by atoms with E-state index in [0.29, 0.717) is 25.1 Å². The molecule has 0 saturated heterocycles. The Hall–Kier alpha value is -2.27. The van der Waals surface area contributed by atoms with Crippen LogP contribution in [0.4, 0.5) is 8.78 Å². The molecule has 3 nitrogen and oxygen atoms in total. The third-order valence-corrected chi connectivity index (χ3v) is 3.45. The van der Waals surface area contributed by atoms with Gasteiger partial charge >= 0.3 is 0 Å². The number of hydrogen-bond acceptors (Lipinski definition) is 2. The van der Waals surface area contributed by atoms with E-state index < -0.39 is 11.6 Å². The van der Waals surface area contributed by atoms with Gasteiger partial charge in [0.15, 0.2) is 0 Å². The summed E-state index contributed by atoms with van der Waals surface area (Å²) >= 11 is 0. The summed E-state index contributed by atoms with van der Waals surface area (Å²) < 4.78 is 28.8. The number of rotatable bonds is 4. The summed E-state index contributed by atoms with van der Waals surface area (Å²) in [6.07, 6.45) is 0.609. The molecule has 0 bridgehead atoms. The summed E-state index contributed by atoms with van der Waals surface area (Å²) in [5.74, 6) is -0.317. The van der Waals surface area contributed by atoms with Crippen molar-refractivity contribution in [1.29, 1.82) is 0 Å². The quantitative estimate of drug-likeness (QED) is 0.802. The summed E-state index contributed by atoms with van der Waals surface area (Å²) in [5.41, 5.74) is 7.82. The van der Waals surface area contributed by atoms with Crippen molar-refractivity contribution in [3.8, 4) is 0 Å². The number of para-hydroxylation sites is 2. The van der Waals surface area contributed by atoms with Crippen molar-refractivity contribution in [2.75, 3.05) is 6.54 Å². The van der Waals surface area contributed by atoms with Crippen LogP contribution in [-0.4, -0.2) is 16.1 Å². The predicted molar refractivity (Wildman–Crippen MR) is 78.0 cm³/mol. The first kappa shape index (κ1) is 13.7. The molecule has 3 rings (SSSR count). The third-order valence-electron chi connectivity index (χ3n) is 3.45. The highest BCUT2D eigenvalue weighted by Gasteiger charge is 2.12. The van der Waals surface area contributed by atoms with Gasteiger partial charge in [-0.15, -0.1) is 0 Å². The minimum atomic E-state index is -0.575. The molecule has 21 heavy (non-hydrogen) atoms. The Bertz CT molecular complexity index is 780. The molecule has 0 spiro atoms. The van der Waals surface area contributed by atoms with Crippen LogP contribution < -0.4 is 5.73 Å². The van der Waals surface area contributed by atoms with Crippen LogP contribution in [0.5, 0.6) is 0 Å². The minimum absolute atomic E-state index is 0.307. The van der Waals surface area contributed by atoms with E-state index in [1.807, 2.05) is 28.8 Å². The molecule has 2 aromatic carbocycles. The molecule has 0 aliphatic heterocycles. The molecule has 0 radical (unpaired) electrons. The lowest BCUT2D eigenvalue weighted by atomic mass is 10.2. The number of fused-ring (bicyclic) bond motifs is 1. The Morgan fingerprint density at radius 1 is 1.10 bits per heavy atom. The van der Waals surface area contributed by atoms with Crippen LogP contribution in [0, 0.1) is 11.6 Å². The van der Waals surface area contributed by atoms with E-state index in [9.17, 15) is 8.78 Å². The average Bonchev–Trinajstić information content (AvgIpc) is 2.80. The van der Waals surface area contributed by atoms with Crippen molar-refractivity contribution < 1.29 is 8.78 Å². The lowest BCUT2D eigenvalue weighted by Crippen LogP contribution is -2.11. The van der Waals surface area contributed by atoms with Gasteiger partial charge in [-0.1, -0.05) is 18.2 Å². The zero-order chi connectivity index (χ0) is 14.8. The normalized spacial score (nSPS) is 11.2. The molecular formula is C16H15F2N3. The first-order valence-corrected chi connectivity index (χ1v) is 6.77. The average molecular weight is 287 g/mol. The fraction of sp³-hybridized carbons (Fsp3) is 0.188. The smallest absolute Gasteiger partial charge is 0.131 e. The number of benzene rings is 2. The largest absolute Gasteiger partial charge is 0.330 e. The molecule has 0 unspecified atom stereocenters. The van der Waals surface area contributed by atoms with Crippen LogP contribution >= 0.6 is 0 Å². The van der Waals surface area contributed by atoms with Crippen LogP contribution in [0.15, 0.2) is 42.5 Å². The van der Waals surface area contributed by atoms with E-state index in [0.717, 1.165) is 22.9 Å². The van der Waals surface area contributed by atoms with E-state index in [1.54, 1.807) is 0 Å². The third kappa shape index (κ3) is 2.64. The topological polar surface area (TPSA) is 43.8 Å². The molecule has 0 atom stereocenters. The fourth-order valence-corrected chi connectivity index (χ4v) is 2.44. The Labute approximate surface area is 121 Å². The lowest BCUT2D eigenvalue weighted by molar-refractivity contribution is 0.565. The molecular weight excluding hydrogens is 272 g/mol. The lowest BCUT2D eigenvalue weighted by Gasteiger charge is -2.10. The van der Waals surface area contributed by atoms with Crippen molar-refractivity contribution >= 4 is 11.0 Å². The molecule has 1 aromatic heterocycles. The van der Waals surface area contributed by atoms with Gasteiger partial charge in [-0.3, -0.25) is 0 Å². The summed E-state index contributed by atoms with van der Waals surface area (Å²) in [7, 11) is 0. The monoisotopic (exact) mass is 287 g/mol. The highest BCUT2D eigenvalue weighted by atomic mass is 19.1. The molecule has 0 aliphatic carbocycles. The number of nitrogens with two attached hydrogens (primary N) is 1. The van der Waals surface area contributed by atoms with Gasteiger partial charge in [-0.2, -0.15) is 0 Å². The second-order valence-electron chi connectivity index (χ2n) is 4.88. The van der Waals surface area contributed by atoms with Crippen molar-refractivity contribution in [1.82, 2.24) is 9.55 Å². The van der Waals surface area contributed by atoms with Crippen LogP contribution in [-0.2, 0) is 13.0 Å². The van der Waals surface area contributed by atoms with Gasteiger partial charge in [0, 0.05) is 18.1 Å². The van der Waals surface area contributed by atoms with Gasteiger partial charge in [0.2, 0.25) is 0 Å². The minimum Gasteiger partial charge on any atom is -0.330 e. The summed E-state index contributed by atoms with van der Waals surface area (Å²) in [6.45, 7) is 0.775. The maximum absolute atomic E-state index is 13.9. The summed E-state index contributed by atoms with van der Waals surface area (Å²) in [5, 5.41) is 0. The molecule has 0 amide bonds. The van der Waals surface area contributed by atoms with Crippen LogP contribution in [0.25, 0.3) is 11.0 Å². The van der Waals surface area contributed by atoms with E-state index in [-0.39, 0.29) is 0 Å². The van der Waals surface area contributed by atoms with Crippen molar-refractivity contribution in [2.24, 2.45) is 5.73 Å². The number of hydrogen-bond donors (Lipinski definition) is 1. The zero-order valence-corrected chi connectivity index (χ0v) is 11.4. The molecule has 3 aromatic rings. The first-order valence-electron chi connectivity index (χ1n) is 6.77. The molecule has 108 valence electrons. The van der Waals surface area contributed by atoms with Crippen LogP contribution in [0.1, 0.15) is 11.4 Å². The zero-order valence-electron chi connectivity index (χ0n) is 11.4. The number of imidazole rings is 1.